The lowest BCUT2D eigenvalue weighted by Crippen LogP contribution is -2.05. The Kier molecular flexibility index (Phi) is 3.73. The maximum Gasteiger partial charge on any atom is 0.132 e. The van der Waals surface area contributed by atoms with E-state index in [1.807, 2.05) is 35.8 Å². The minimum absolute atomic E-state index is 0.454. The molecule has 92 valence electrons. The molecule has 0 radical (unpaired) electrons. The summed E-state index contributed by atoms with van der Waals surface area (Å²) < 4.78 is 2.89. The van der Waals surface area contributed by atoms with Crippen molar-refractivity contribution < 1.29 is 0 Å². The van der Waals surface area contributed by atoms with E-state index in [0.29, 0.717) is 12.4 Å². The van der Waals surface area contributed by atoms with Gasteiger partial charge >= 0.3 is 0 Å². The predicted molar refractivity (Wildman–Crippen MR) is 78.0 cm³/mol. The molecule has 0 unspecified atom stereocenters. The van der Waals surface area contributed by atoms with Crippen LogP contribution in [-0.2, 0) is 13.0 Å². The highest BCUT2D eigenvalue weighted by atomic mass is 79.9. The molecule has 1 aromatic carbocycles. The van der Waals surface area contributed by atoms with Crippen LogP contribution in [0.5, 0.6) is 0 Å². The van der Waals surface area contributed by atoms with Crippen molar-refractivity contribution in [2.24, 2.45) is 0 Å². The zero-order chi connectivity index (χ0) is 13.1. The van der Waals surface area contributed by atoms with Crippen LogP contribution in [0, 0.1) is 12.3 Å². The first-order chi connectivity index (χ1) is 8.67. The molecule has 1 heterocycles. The molecule has 0 saturated carbocycles. The van der Waals surface area contributed by atoms with Crippen molar-refractivity contribution in [3.8, 4) is 23.6 Å². The lowest BCUT2D eigenvalue weighted by molar-refractivity contribution is 0.769. The Balaban J connectivity index is 2.56. The number of aryl methyl sites for hydroxylation is 1. The zero-order valence-electron chi connectivity index (χ0n) is 10.2. The highest BCUT2D eigenvalue weighted by Crippen LogP contribution is 2.28. The van der Waals surface area contributed by atoms with Gasteiger partial charge in [0.05, 0.1) is 6.54 Å². The molecule has 0 bridgehead atoms. The molecule has 0 amide bonds. The second kappa shape index (κ2) is 5.28. The smallest absolute Gasteiger partial charge is 0.132 e. The summed E-state index contributed by atoms with van der Waals surface area (Å²) in [7, 11) is 0. The number of imidazole rings is 1. The molecule has 0 fully saturated rings. The molecule has 0 aliphatic heterocycles. The van der Waals surface area contributed by atoms with Gasteiger partial charge in [-0.2, -0.15) is 0 Å². The molecular weight excluding hydrogens is 290 g/mol. The standard InChI is InChI=1S/C14H14BrN3/c1-3-8-18-12(4-2)17-13(14(18)16)10-6-5-7-11(15)9-10/h1,5-7,9H,4,8,16H2,2H3. The summed E-state index contributed by atoms with van der Waals surface area (Å²) in [6.45, 7) is 2.50. The van der Waals surface area contributed by atoms with Crippen LogP contribution >= 0.6 is 15.9 Å². The molecule has 0 spiro atoms. The number of benzene rings is 1. The fourth-order valence-corrected chi connectivity index (χ4v) is 2.30. The van der Waals surface area contributed by atoms with Gasteiger partial charge in [0, 0.05) is 16.5 Å². The fraction of sp³-hybridized carbons (Fsp3) is 0.214. The van der Waals surface area contributed by atoms with Crippen molar-refractivity contribution in [1.29, 1.82) is 0 Å². The zero-order valence-corrected chi connectivity index (χ0v) is 11.7. The van der Waals surface area contributed by atoms with Crippen LogP contribution in [0.2, 0.25) is 0 Å². The van der Waals surface area contributed by atoms with Crippen molar-refractivity contribution in [2.75, 3.05) is 5.73 Å². The molecule has 0 atom stereocenters. The number of aromatic nitrogens is 2. The van der Waals surface area contributed by atoms with E-state index in [-0.39, 0.29) is 0 Å². The first-order valence-electron chi connectivity index (χ1n) is 5.71. The van der Waals surface area contributed by atoms with Crippen molar-refractivity contribution in [1.82, 2.24) is 9.55 Å². The summed E-state index contributed by atoms with van der Waals surface area (Å²) in [5.74, 6) is 4.15. The Labute approximate surface area is 115 Å². The number of nitrogens with zero attached hydrogens (tertiary/aromatic N) is 2. The SMILES string of the molecule is C#CCn1c(CC)nc(-c2cccc(Br)c2)c1N. The van der Waals surface area contributed by atoms with Crippen molar-refractivity contribution in [3.05, 3.63) is 34.6 Å². The van der Waals surface area contributed by atoms with E-state index in [1.54, 1.807) is 0 Å². The van der Waals surface area contributed by atoms with E-state index in [2.05, 4.69) is 26.8 Å². The Morgan fingerprint density at radius 2 is 2.28 bits per heavy atom. The average Bonchev–Trinajstić information content (AvgIpc) is 2.67. The third-order valence-corrected chi connectivity index (χ3v) is 3.24. The molecule has 2 N–H and O–H groups in total. The van der Waals surface area contributed by atoms with Gasteiger partial charge in [-0.1, -0.05) is 40.9 Å². The number of halogens is 1. The van der Waals surface area contributed by atoms with Gasteiger partial charge in [-0.3, -0.25) is 0 Å². The first-order valence-corrected chi connectivity index (χ1v) is 6.51. The van der Waals surface area contributed by atoms with E-state index < -0.39 is 0 Å². The highest BCUT2D eigenvalue weighted by Gasteiger charge is 2.14. The number of hydrogen-bond acceptors (Lipinski definition) is 2. The Bertz CT molecular complexity index is 608. The van der Waals surface area contributed by atoms with Gasteiger partial charge < -0.3 is 10.3 Å². The molecule has 18 heavy (non-hydrogen) atoms. The predicted octanol–water partition coefficient (Wildman–Crippen LogP) is 3.09. The largest absolute Gasteiger partial charge is 0.383 e. The molecule has 2 rings (SSSR count). The number of anilines is 1. The van der Waals surface area contributed by atoms with Gasteiger partial charge in [0.2, 0.25) is 0 Å². The topological polar surface area (TPSA) is 43.8 Å². The van der Waals surface area contributed by atoms with Gasteiger partial charge in [-0.05, 0) is 12.1 Å². The maximum absolute atomic E-state index is 6.14. The van der Waals surface area contributed by atoms with Crippen LogP contribution < -0.4 is 5.73 Å². The van der Waals surface area contributed by atoms with Gasteiger partial charge in [-0.25, -0.2) is 4.98 Å². The molecule has 1 aromatic heterocycles. The monoisotopic (exact) mass is 303 g/mol. The number of terminal acetylenes is 1. The van der Waals surface area contributed by atoms with Gasteiger partial charge in [-0.15, -0.1) is 6.42 Å². The number of nitrogens with two attached hydrogens (primary N) is 1. The van der Waals surface area contributed by atoms with Crippen molar-refractivity contribution >= 4 is 21.7 Å². The first kappa shape index (κ1) is 12.7. The molecule has 0 saturated heterocycles. The summed E-state index contributed by atoms with van der Waals surface area (Å²) in [6.07, 6.45) is 6.17. The summed E-state index contributed by atoms with van der Waals surface area (Å²) >= 11 is 3.45. The summed E-state index contributed by atoms with van der Waals surface area (Å²) in [6, 6.07) is 7.92. The fourth-order valence-electron chi connectivity index (χ4n) is 1.90. The Morgan fingerprint density at radius 3 is 2.89 bits per heavy atom. The molecule has 0 aliphatic rings. The minimum atomic E-state index is 0.454. The highest BCUT2D eigenvalue weighted by molar-refractivity contribution is 9.10. The van der Waals surface area contributed by atoms with E-state index in [0.717, 1.165) is 28.0 Å². The second-order valence-corrected chi connectivity index (χ2v) is 4.83. The molecular formula is C14H14BrN3. The molecule has 0 aliphatic carbocycles. The van der Waals surface area contributed by atoms with Crippen LogP contribution in [0.3, 0.4) is 0 Å². The summed E-state index contributed by atoms with van der Waals surface area (Å²) in [4.78, 5) is 4.58. The number of rotatable bonds is 3. The lowest BCUT2D eigenvalue weighted by atomic mass is 10.1. The molecule has 3 nitrogen and oxygen atoms in total. The van der Waals surface area contributed by atoms with E-state index in [1.165, 1.54) is 0 Å². The minimum Gasteiger partial charge on any atom is -0.383 e. The third kappa shape index (κ3) is 2.27. The number of nitrogen functional groups attached to an aromatic ring is 1. The Morgan fingerprint density at radius 1 is 1.50 bits per heavy atom. The quantitative estimate of drug-likeness (QED) is 0.886. The van der Waals surface area contributed by atoms with Gasteiger partial charge in [0.25, 0.3) is 0 Å². The maximum atomic E-state index is 6.14. The molecule has 4 heteroatoms. The van der Waals surface area contributed by atoms with Crippen molar-refractivity contribution in [3.63, 3.8) is 0 Å². The third-order valence-electron chi connectivity index (χ3n) is 2.75. The van der Waals surface area contributed by atoms with Crippen LogP contribution in [0.1, 0.15) is 12.7 Å². The van der Waals surface area contributed by atoms with E-state index in [4.69, 9.17) is 12.2 Å². The van der Waals surface area contributed by atoms with Gasteiger partial charge in [0.15, 0.2) is 0 Å². The molecule has 2 aromatic rings. The summed E-state index contributed by atoms with van der Waals surface area (Å²) in [5, 5.41) is 0. The Hall–Kier alpha value is -1.73. The van der Waals surface area contributed by atoms with Crippen LogP contribution in [0.4, 0.5) is 5.82 Å². The average molecular weight is 304 g/mol. The second-order valence-electron chi connectivity index (χ2n) is 3.92. The van der Waals surface area contributed by atoms with Gasteiger partial charge in [0.1, 0.15) is 17.3 Å². The van der Waals surface area contributed by atoms with Crippen molar-refractivity contribution in [2.45, 2.75) is 19.9 Å². The van der Waals surface area contributed by atoms with Crippen LogP contribution in [-0.4, -0.2) is 9.55 Å². The number of hydrogen-bond donors (Lipinski definition) is 1. The summed E-state index contributed by atoms with van der Waals surface area (Å²) in [5.41, 5.74) is 7.93. The van der Waals surface area contributed by atoms with E-state index in [9.17, 15) is 0 Å². The van der Waals surface area contributed by atoms with Crippen LogP contribution in [0.15, 0.2) is 28.7 Å². The normalized spacial score (nSPS) is 10.3. The van der Waals surface area contributed by atoms with Crippen LogP contribution in [0.25, 0.3) is 11.3 Å². The lowest BCUT2D eigenvalue weighted by Gasteiger charge is -2.04. The van der Waals surface area contributed by atoms with E-state index >= 15 is 0 Å².